The number of methoxy groups -OCH3 is 1. The minimum Gasteiger partial charge on any atom is -0.493 e. The quantitative estimate of drug-likeness (QED) is 0.00518. The van der Waals surface area contributed by atoms with Gasteiger partial charge in [0, 0.05) is 18.7 Å². The van der Waals surface area contributed by atoms with Gasteiger partial charge in [0.1, 0.15) is 66.7 Å². The second-order valence-electron chi connectivity index (χ2n) is 20.5. The van der Waals surface area contributed by atoms with E-state index in [0.717, 1.165) is 29.1 Å². The summed E-state index contributed by atoms with van der Waals surface area (Å²) < 4.78 is 79.7. The number of ether oxygens (including phenoxy) is 14. The van der Waals surface area contributed by atoms with Crippen molar-refractivity contribution in [3.63, 3.8) is 0 Å². The number of benzene rings is 4. The van der Waals surface area contributed by atoms with E-state index in [2.05, 4.69) is 19.7 Å². The van der Waals surface area contributed by atoms with Gasteiger partial charge in [0.05, 0.1) is 120 Å². The first-order valence-electron chi connectivity index (χ1n) is 29.7. The summed E-state index contributed by atoms with van der Waals surface area (Å²) in [7, 11) is 1.62. The molecule has 0 unspecified atom stereocenters. The van der Waals surface area contributed by atoms with E-state index in [1.54, 1.807) is 91.1 Å². The molecule has 2 aliphatic rings. The highest BCUT2D eigenvalue weighted by Crippen LogP contribution is 2.35. The lowest BCUT2D eigenvalue weighted by atomic mass is 9.82. The molecule has 0 saturated heterocycles. The number of nitrogens with zero attached hydrogens (tertiary/aromatic N) is 3. The maximum Gasteiger partial charge on any atom is 0.330 e. The van der Waals surface area contributed by atoms with Crippen molar-refractivity contribution in [2.24, 2.45) is 28.8 Å². The summed E-state index contributed by atoms with van der Waals surface area (Å²) in [5.41, 5.74) is 1.35. The summed E-state index contributed by atoms with van der Waals surface area (Å²) in [5.74, 6) is 1.01. The summed E-state index contributed by atoms with van der Waals surface area (Å²) >= 11 is 1.50. The molecule has 0 radical (unpaired) electrons. The van der Waals surface area contributed by atoms with Crippen molar-refractivity contribution in [3.05, 3.63) is 134 Å². The van der Waals surface area contributed by atoms with E-state index < -0.39 is 17.9 Å². The van der Waals surface area contributed by atoms with Crippen LogP contribution in [0.3, 0.4) is 0 Å². The normalized spacial score (nSPS) is 16.5. The lowest BCUT2D eigenvalue weighted by Crippen LogP contribution is -2.30. The number of para-hydroxylation sites is 1. The smallest absolute Gasteiger partial charge is 0.330 e. The molecule has 0 spiro atoms. The van der Waals surface area contributed by atoms with Crippen molar-refractivity contribution >= 4 is 56.8 Å². The molecular formula is C66H81N3O18S. The van der Waals surface area contributed by atoms with Gasteiger partial charge in [0.15, 0.2) is 0 Å². The van der Waals surface area contributed by atoms with Gasteiger partial charge in [0.25, 0.3) is 0 Å². The first kappa shape index (κ1) is 67.8. The summed E-state index contributed by atoms with van der Waals surface area (Å²) in [6.07, 6.45) is 8.93. The van der Waals surface area contributed by atoms with Crippen molar-refractivity contribution < 1.29 is 85.5 Å². The summed E-state index contributed by atoms with van der Waals surface area (Å²) in [4.78, 5) is 56.5. The zero-order valence-electron chi connectivity index (χ0n) is 50.1. The molecule has 2 aliphatic carbocycles. The van der Waals surface area contributed by atoms with E-state index in [9.17, 15) is 19.2 Å². The van der Waals surface area contributed by atoms with Gasteiger partial charge >= 0.3 is 23.9 Å². The number of anilines is 1. The highest BCUT2D eigenvalue weighted by atomic mass is 32.1. The van der Waals surface area contributed by atoms with Crippen LogP contribution in [0, 0.1) is 23.7 Å². The largest absolute Gasteiger partial charge is 0.493 e. The molecule has 5 aromatic rings. The highest BCUT2D eigenvalue weighted by molar-refractivity contribution is 7.22. The van der Waals surface area contributed by atoms with Gasteiger partial charge in [-0.2, -0.15) is 5.10 Å². The number of hydrogen-bond donors (Lipinski definition) is 0. The number of rotatable bonds is 41. The topological polar surface area (TPSA) is 226 Å². The summed E-state index contributed by atoms with van der Waals surface area (Å²) in [6, 6.07) is 26.9. The fraction of sp³-hybridized carbons (Fsp3) is 0.455. The number of hydrogen-bond acceptors (Lipinski definition) is 22. The van der Waals surface area contributed by atoms with Crippen LogP contribution in [-0.2, 0) is 57.1 Å². The Kier molecular flexibility index (Phi) is 29.7. The molecule has 474 valence electrons. The van der Waals surface area contributed by atoms with E-state index in [1.807, 2.05) is 24.3 Å². The molecule has 2 saturated carbocycles. The number of carbonyl (C=O) groups is 4. The van der Waals surface area contributed by atoms with Crippen LogP contribution < -0.4 is 33.4 Å². The number of esters is 4. The molecule has 4 aromatic carbocycles. The van der Waals surface area contributed by atoms with Gasteiger partial charge in [-0.05, 0) is 142 Å². The van der Waals surface area contributed by atoms with Crippen LogP contribution >= 0.6 is 11.3 Å². The first-order valence-corrected chi connectivity index (χ1v) is 30.5. The van der Waals surface area contributed by atoms with Crippen LogP contribution in [0.15, 0.2) is 134 Å². The predicted molar refractivity (Wildman–Crippen MR) is 331 cm³/mol. The van der Waals surface area contributed by atoms with Gasteiger partial charge < -0.3 is 66.3 Å². The van der Waals surface area contributed by atoms with Gasteiger partial charge in [-0.15, -0.1) is 0 Å². The fourth-order valence-electron chi connectivity index (χ4n) is 9.28. The van der Waals surface area contributed by atoms with Gasteiger partial charge in [0.2, 0.25) is 5.13 Å². The Morgan fingerprint density at radius 3 is 1.59 bits per heavy atom. The van der Waals surface area contributed by atoms with E-state index in [0.29, 0.717) is 189 Å². The second kappa shape index (κ2) is 38.6. The third-order valence-corrected chi connectivity index (χ3v) is 15.2. The van der Waals surface area contributed by atoms with Crippen molar-refractivity contribution in [1.29, 1.82) is 0 Å². The Bertz CT molecular complexity index is 2940. The molecular weight excluding hydrogens is 1150 g/mol. The fourth-order valence-corrected chi connectivity index (χ4v) is 10.2. The Morgan fingerprint density at radius 1 is 0.545 bits per heavy atom. The molecule has 0 N–H and O–H groups in total. The third-order valence-electron chi connectivity index (χ3n) is 14.2. The molecule has 21 nitrogen and oxygen atoms in total. The van der Waals surface area contributed by atoms with Gasteiger partial charge in [-0.25, -0.2) is 14.8 Å². The van der Waals surface area contributed by atoms with Crippen LogP contribution in [0.4, 0.5) is 5.13 Å². The minimum absolute atomic E-state index is 0.142. The van der Waals surface area contributed by atoms with Crippen LogP contribution in [0.5, 0.6) is 34.5 Å². The minimum atomic E-state index is -0.496. The average Bonchev–Trinajstić information content (AvgIpc) is 3.04. The molecule has 7 rings (SSSR count). The van der Waals surface area contributed by atoms with E-state index in [-0.39, 0.29) is 42.9 Å². The molecule has 0 amide bonds. The Hall–Kier alpha value is -7.70. The van der Waals surface area contributed by atoms with Crippen LogP contribution in [0.25, 0.3) is 10.2 Å². The molecule has 2 fully saturated rings. The molecule has 1 heterocycles. The third kappa shape index (κ3) is 24.1. The SMILES string of the molecule is C=CC(=C)OCCOCCOCCOc1ccc(OC(=O)C2CCC(COc3ccc(OC(=O)C4CCC(C(=O)Oc5ccc(OCCOCCOCCOC(=O)C=C)cc5)CC4)c(/C=N/N(CCOCCOC)c4nc5ccccc5s4)c3)CC2)cc1. The number of allylic oxidation sites excluding steroid dienone is 1. The first-order chi connectivity index (χ1) is 43.1. The van der Waals surface area contributed by atoms with E-state index >= 15 is 0 Å². The zero-order chi connectivity index (χ0) is 62.0. The Morgan fingerprint density at radius 2 is 1.03 bits per heavy atom. The zero-order valence-corrected chi connectivity index (χ0v) is 50.9. The highest BCUT2D eigenvalue weighted by Gasteiger charge is 2.33. The van der Waals surface area contributed by atoms with Gasteiger partial charge in [-0.1, -0.05) is 43.2 Å². The number of hydrazone groups is 1. The van der Waals surface area contributed by atoms with E-state index in [1.165, 1.54) is 11.3 Å². The second-order valence-corrected chi connectivity index (χ2v) is 21.5. The molecule has 0 atom stereocenters. The number of fused-ring (bicyclic) bond motifs is 1. The molecule has 22 heteroatoms. The lowest BCUT2D eigenvalue weighted by molar-refractivity contribution is -0.145. The summed E-state index contributed by atoms with van der Waals surface area (Å²) in [5, 5.41) is 7.33. The number of thiazole rings is 1. The standard InChI is InChI=1S/C66H81N3O18S/c1-5-48(3)80-41-37-76-33-34-77-38-42-81-54-19-23-56(24-20-54)85-63(71)50-13-11-49(12-14-50)47-84-58-27-28-60(53(45-58)46-67-69(29-30-75-32-31-74-4)66-68-59-9-7-8-10-61(59)88-66)87-65(73)52-17-15-51(16-18-52)64(72)86-57-25-21-55(22-26-57)82-43-39-78-35-36-79-40-44-83-62(70)6-2/h5-10,19-28,45-46,49-52H,1-3,11-18,29-44,47H2,4H3/b67-46+. The molecule has 88 heavy (non-hydrogen) atoms. The maximum absolute atomic E-state index is 14.0. The maximum atomic E-state index is 14.0. The van der Waals surface area contributed by atoms with Crippen molar-refractivity contribution in [3.8, 4) is 34.5 Å². The molecule has 1 aromatic heterocycles. The monoisotopic (exact) mass is 1240 g/mol. The van der Waals surface area contributed by atoms with Gasteiger partial charge in [-0.3, -0.25) is 14.4 Å². The number of carbonyl (C=O) groups excluding carboxylic acids is 4. The summed E-state index contributed by atoms with van der Waals surface area (Å²) in [6.45, 7) is 16.8. The predicted octanol–water partition coefficient (Wildman–Crippen LogP) is 10.2. The molecule has 0 bridgehead atoms. The lowest BCUT2D eigenvalue weighted by Gasteiger charge is -2.27. The average molecular weight is 1240 g/mol. The van der Waals surface area contributed by atoms with Crippen LogP contribution in [0.2, 0.25) is 0 Å². The van der Waals surface area contributed by atoms with E-state index in [4.69, 9.17) is 76.4 Å². The van der Waals surface area contributed by atoms with Crippen LogP contribution in [0.1, 0.15) is 56.9 Å². The molecule has 0 aliphatic heterocycles. The van der Waals surface area contributed by atoms with Crippen molar-refractivity contribution in [1.82, 2.24) is 4.98 Å². The van der Waals surface area contributed by atoms with Crippen molar-refractivity contribution in [2.45, 2.75) is 51.4 Å². The Labute approximate surface area is 518 Å². The van der Waals surface area contributed by atoms with Crippen LogP contribution in [-0.4, -0.2) is 154 Å². The van der Waals surface area contributed by atoms with Crippen molar-refractivity contribution in [2.75, 3.05) is 124 Å². The number of aromatic nitrogens is 1. The Balaban J connectivity index is 0.876.